The zero-order valence-electron chi connectivity index (χ0n) is 23.2. The van der Waals surface area contributed by atoms with Crippen LogP contribution < -0.4 is 10.6 Å². The number of thioether (sulfide) groups is 1. The molecule has 1 aliphatic heterocycles. The zero-order chi connectivity index (χ0) is 27.7. The molecule has 0 radical (unpaired) electrons. The first-order chi connectivity index (χ1) is 18.1. The summed E-state index contributed by atoms with van der Waals surface area (Å²) in [6, 6.07) is 7.65. The zero-order valence-corrected chi connectivity index (χ0v) is 24.0. The molecule has 210 valence electrons. The molecule has 3 rings (SSSR count). The molecular weight excluding hydrogens is 502 g/mol. The second-order valence-electron chi connectivity index (χ2n) is 11.2. The number of hydrogen-bond acceptors (Lipinski definition) is 7. The van der Waals surface area contributed by atoms with E-state index in [1.807, 2.05) is 25.7 Å². The van der Waals surface area contributed by atoms with Gasteiger partial charge in [0.15, 0.2) is 11.6 Å². The highest BCUT2D eigenvalue weighted by atomic mass is 32.2. The van der Waals surface area contributed by atoms with Gasteiger partial charge in [0.25, 0.3) is 0 Å². The van der Waals surface area contributed by atoms with E-state index in [9.17, 15) is 19.2 Å². The van der Waals surface area contributed by atoms with Gasteiger partial charge in [-0.2, -0.15) is 0 Å². The van der Waals surface area contributed by atoms with Crippen LogP contribution in [0.1, 0.15) is 76.8 Å². The van der Waals surface area contributed by atoms with Crippen molar-refractivity contribution < 1.29 is 23.9 Å². The van der Waals surface area contributed by atoms with Crippen molar-refractivity contribution in [3.05, 3.63) is 35.4 Å². The lowest BCUT2D eigenvalue weighted by molar-refractivity contribution is -0.135. The summed E-state index contributed by atoms with van der Waals surface area (Å²) in [7, 11) is 0. The fraction of sp³-hybridized carbons (Fsp3) is 0.655. The Morgan fingerprint density at radius 1 is 1.08 bits per heavy atom. The van der Waals surface area contributed by atoms with Gasteiger partial charge in [-0.1, -0.05) is 37.6 Å². The lowest BCUT2D eigenvalue weighted by atomic mass is 9.98. The number of Topliss-reactive ketones (excluding diaryl/α,β-unsaturated/α-hetero) is 2. The number of alkyl carbamates (subject to hydrolysis) is 1. The van der Waals surface area contributed by atoms with Gasteiger partial charge in [0.1, 0.15) is 11.6 Å². The van der Waals surface area contributed by atoms with Crippen molar-refractivity contribution in [2.24, 2.45) is 5.92 Å². The number of carbonyl (C=O) groups excluding carboxylic acids is 4. The van der Waals surface area contributed by atoms with Gasteiger partial charge < -0.3 is 15.4 Å². The number of unbranched alkanes of at least 4 members (excludes halogenated alkanes) is 2. The Hall–Kier alpha value is -2.39. The number of nitrogens with zero attached hydrogens (tertiary/aromatic N) is 1. The first kappa shape index (κ1) is 30.2. The molecule has 3 unspecified atom stereocenters. The molecule has 9 heteroatoms. The van der Waals surface area contributed by atoms with E-state index in [2.05, 4.69) is 41.8 Å². The van der Waals surface area contributed by atoms with E-state index in [4.69, 9.17) is 4.74 Å². The second-order valence-corrected chi connectivity index (χ2v) is 12.3. The van der Waals surface area contributed by atoms with Crippen LogP contribution in [0.5, 0.6) is 0 Å². The van der Waals surface area contributed by atoms with Crippen LogP contribution in [0.2, 0.25) is 0 Å². The van der Waals surface area contributed by atoms with Crippen LogP contribution >= 0.6 is 11.8 Å². The summed E-state index contributed by atoms with van der Waals surface area (Å²) in [5, 5.41) is 5.43. The second kappa shape index (κ2) is 14.1. The van der Waals surface area contributed by atoms with Crippen molar-refractivity contribution in [2.75, 3.05) is 31.3 Å². The number of carbonyl (C=O) groups is 4. The molecule has 2 N–H and O–H groups in total. The fourth-order valence-corrected chi connectivity index (χ4v) is 5.72. The molecule has 38 heavy (non-hydrogen) atoms. The number of rotatable bonds is 14. The average molecular weight is 546 g/mol. The third-order valence-corrected chi connectivity index (χ3v) is 7.89. The summed E-state index contributed by atoms with van der Waals surface area (Å²) in [5.41, 5.74) is 1.91. The molecule has 2 amide bonds. The third-order valence-electron chi connectivity index (χ3n) is 6.90. The molecule has 1 aromatic carbocycles. The van der Waals surface area contributed by atoms with Crippen LogP contribution in [0, 0.1) is 5.92 Å². The maximum atomic E-state index is 13.5. The van der Waals surface area contributed by atoms with E-state index in [0.29, 0.717) is 31.8 Å². The van der Waals surface area contributed by atoms with Gasteiger partial charge in [-0.3, -0.25) is 19.3 Å². The summed E-state index contributed by atoms with van der Waals surface area (Å²) in [5.74, 6) is 1.19. The lowest BCUT2D eigenvalue weighted by Crippen LogP contribution is -2.50. The van der Waals surface area contributed by atoms with E-state index >= 15 is 0 Å². The van der Waals surface area contributed by atoms with Gasteiger partial charge in [0.2, 0.25) is 5.91 Å². The van der Waals surface area contributed by atoms with Crippen LogP contribution in [-0.4, -0.2) is 71.4 Å². The lowest BCUT2D eigenvalue weighted by Gasteiger charge is -2.25. The van der Waals surface area contributed by atoms with Crippen molar-refractivity contribution in [1.82, 2.24) is 15.5 Å². The predicted molar refractivity (Wildman–Crippen MR) is 150 cm³/mol. The minimum Gasteiger partial charge on any atom is -0.444 e. The highest BCUT2D eigenvalue weighted by Gasteiger charge is 2.49. The largest absolute Gasteiger partial charge is 0.444 e. The molecule has 0 bridgehead atoms. The van der Waals surface area contributed by atoms with Gasteiger partial charge >= 0.3 is 6.09 Å². The van der Waals surface area contributed by atoms with Crippen LogP contribution in [0.15, 0.2) is 24.3 Å². The fourth-order valence-electron chi connectivity index (χ4n) is 4.72. The number of aryl methyl sites for hydroxylation is 1. The Morgan fingerprint density at radius 3 is 2.45 bits per heavy atom. The Morgan fingerprint density at radius 2 is 1.82 bits per heavy atom. The molecule has 0 aromatic heterocycles. The van der Waals surface area contributed by atoms with Gasteiger partial charge in [-0.25, -0.2) is 4.79 Å². The maximum absolute atomic E-state index is 13.5. The monoisotopic (exact) mass is 545 g/mol. The summed E-state index contributed by atoms with van der Waals surface area (Å²) >= 11 is 1.72. The van der Waals surface area contributed by atoms with Crippen molar-refractivity contribution in [3.8, 4) is 0 Å². The Bertz CT molecular complexity index is 969. The normalized spacial score (nSPS) is 20.0. The first-order valence-electron chi connectivity index (χ1n) is 13.8. The molecule has 1 aromatic rings. The predicted octanol–water partition coefficient (Wildman–Crippen LogP) is 4.07. The minimum absolute atomic E-state index is 0.00574. The molecule has 0 spiro atoms. The van der Waals surface area contributed by atoms with Crippen molar-refractivity contribution in [2.45, 2.75) is 83.8 Å². The Kier molecular flexibility index (Phi) is 11.2. The smallest absolute Gasteiger partial charge is 0.407 e. The van der Waals surface area contributed by atoms with E-state index in [1.165, 1.54) is 5.56 Å². The number of ketones is 2. The number of hydrogen-bond donors (Lipinski definition) is 2. The highest BCUT2D eigenvalue weighted by molar-refractivity contribution is 7.99. The van der Waals surface area contributed by atoms with Crippen LogP contribution in [-0.2, 0) is 25.5 Å². The van der Waals surface area contributed by atoms with E-state index < -0.39 is 17.7 Å². The van der Waals surface area contributed by atoms with E-state index in [-0.39, 0.29) is 35.9 Å². The molecule has 1 saturated carbocycles. The van der Waals surface area contributed by atoms with Crippen molar-refractivity contribution in [1.29, 1.82) is 0 Å². The Labute approximate surface area is 231 Å². The summed E-state index contributed by atoms with van der Waals surface area (Å²) < 4.78 is 5.19. The highest BCUT2D eigenvalue weighted by Crippen LogP contribution is 2.49. The Balaban J connectivity index is 1.40. The molecule has 2 fully saturated rings. The van der Waals surface area contributed by atoms with E-state index in [0.717, 1.165) is 37.0 Å². The standard InChI is InChI=1S/C29H43N3O5S/c1-5-20-10-12-21(13-11-20)22-17-23(22)27(35)26(32-15-16-38-19-32)24(33)18-31-25(34)9-7-6-8-14-30-28(36)37-29(2,3)4/h10-13,22-23,26H,5-9,14-19H2,1-4H3,(H,30,36)(H,31,34). The quantitative estimate of drug-likeness (QED) is 0.268. The topological polar surface area (TPSA) is 105 Å². The summed E-state index contributed by atoms with van der Waals surface area (Å²) in [4.78, 5) is 52.6. The van der Waals surface area contributed by atoms with E-state index in [1.54, 1.807) is 11.8 Å². The number of benzene rings is 1. The number of amides is 2. The molecule has 3 atom stereocenters. The van der Waals surface area contributed by atoms with Crippen LogP contribution in [0.4, 0.5) is 4.79 Å². The van der Waals surface area contributed by atoms with Crippen LogP contribution in [0.3, 0.4) is 0 Å². The SMILES string of the molecule is CCc1ccc(C2CC2C(=O)C(C(=O)CNC(=O)CCCCCNC(=O)OC(C)(C)C)N2CCSC2)cc1. The van der Waals surface area contributed by atoms with Crippen LogP contribution in [0.25, 0.3) is 0 Å². The number of nitrogens with one attached hydrogen (secondary N) is 2. The third kappa shape index (κ3) is 9.42. The molecule has 1 saturated heterocycles. The van der Waals surface area contributed by atoms with Gasteiger partial charge in [-0.05, 0) is 63.5 Å². The molecule has 1 aliphatic carbocycles. The van der Waals surface area contributed by atoms with Crippen molar-refractivity contribution >= 4 is 35.3 Å². The van der Waals surface area contributed by atoms with Gasteiger partial charge in [0, 0.05) is 37.1 Å². The summed E-state index contributed by atoms with van der Waals surface area (Å²) in [6.45, 7) is 8.62. The molecular formula is C29H43N3O5S. The summed E-state index contributed by atoms with van der Waals surface area (Å²) in [6.07, 6.45) is 3.78. The minimum atomic E-state index is -0.783. The molecule has 1 heterocycles. The first-order valence-corrected chi connectivity index (χ1v) is 14.9. The number of ether oxygens (including phenoxy) is 1. The van der Waals surface area contributed by atoms with Crippen molar-refractivity contribution in [3.63, 3.8) is 0 Å². The maximum Gasteiger partial charge on any atom is 0.407 e. The molecule has 8 nitrogen and oxygen atoms in total. The van der Waals surface area contributed by atoms with Gasteiger partial charge in [0.05, 0.1) is 6.54 Å². The van der Waals surface area contributed by atoms with Gasteiger partial charge in [-0.15, -0.1) is 11.8 Å². The molecule has 2 aliphatic rings. The average Bonchev–Trinajstić information content (AvgIpc) is 3.50.